The minimum absolute atomic E-state index is 0.113. The number of nitrogens with zero attached hydrogens (tertiary/aromatic N) is 4. The third kappa shape index (κ3) is 6.00. The van der Waals surface area contributed by atoms with Gasteiger partial charge in [0, 0.05) is 11.4 Å². The number of ether oxygens (including phenoxy) is 1. The van der Waals surface area contributed by atoms with E-state index in [0.717, 1.165) is 37.4 Å². The molecule has 0 spiro atoms. The second-order valence-electron chi connectivity index (χ2n) is 7.95. The summed E-state index contributed by atoms with van der Waals surface area (Å²) < 4.78 is 20.1. The molecule has 0 bridgehead atoms. The number of amides is 1. The first-order valence-electron chi connectivity index (χ1n) is 11.1. The molecule has 3 aromatic rings. The molecule has 8 nitrogen and oxygen atoms in total. The van der Waals surface area contributed by atoms with Crippen molar-refractivity contribution in [1.82, 2.24) is 19.7 Å². The van der Waals surface area contributed by atoms with Crippen molar-refractivity contribution in [3.05, 3.63) is 65.7 Å². The highest BCUT2D eigenvalue weighted by atomic mass is 32.2. The highest BCUT2D eigenvalue weighted by molar-refractivity contribution is 7.99. The molecule has 10 heteroatoms. The van der Waals surface area contributed by atoms with E-state index in [1.54, 1.807) is 36.4 Å². The topological polar surface area (TPSA) is 89.3 Å². The molecular weight excluding hydrogens is 457 g/mol. The molecule has 1 fully saturated rings. The summed E-state index contributed by atoms with van der Waals surface area (Å²) >= 11 is 1.26. The average molecular weight is 484 g/mol. The van der Waals surface area contributed by atoms with Crippen LogP contribution in [0.5, 0.6) is 0 Å². The number of aromatic nitrogens is 3. The predicted octanol–water partition coefficient (Wildman–Crippen LogP) is 3.91. The highest BCUT2D eigenvalue weighted by Crippen LogP contribution is 2.24. The second kappa shape index (κ2) is 11.3. The Bertz CT molecular complexity index is 1130. The van der Waals surface area contributed by atoms with Gasteiger partial charge in [-0.2, -0.15) is 0 Å². The Hall–Kier alpha value is -3.24. The molecule has 2 aromatic carbocycles. The van der Waals surface area contributed by atoms with Crippen molar-refractivity contribution in [2.24, 2.45) is 0 Å². The lowest BCUT2D eigenvalue weighted by molar-refractivity contribution is -0.113. The van der Waals surface area contributed by atoms with Crippen molar-refractivity contribution < 1.29 is 18.7 Å². The van der Waals surface area contributed by atoms with Gasteiger partial charge >= 0.3 is 5.97 Å². The summed E-state index contributed by atoms with van der Waals surface area (Å²) in [5, 5.41) is 12.1. The lowest BCUT2D eigenvalue weighted by Gasteiger charge is -2.26. The number of rotatable bonds is 8. The van der Waals surface area contributed by atoms with Gasteiger partial charge in [-0.1, -0.05) is 18.2 Å². The van der Waals surface area contributed by atoms with Crippen molar-refractivity contribution in [3.63, 3.8) is 0 Å². The lowest BCUT2D eigenvalue weighted by atomic mass is 10.1. The maximum atomic E-state index is 13.5. The number of methoxy groups -OCH3 is 1. The number of carbonyl (C=O) groups excluding carboxylic acids is 2. The first-order valence-corrected chi connectivity index (χ1v) is 12.1. The number of thioether (sulfide) groups is 1. The minimum Gasteiger partial charge on any atom is -0.465 e. The molecule has 1 aliphatic heterocycles. The largest absolute Gasteiger partial charge is 0.465 e. The number of carbonyl (C=O) groups is 2. The van der Waals surface area contributed by atoms with Crippen molar-refractivity contribution in [2.45, 2.75) is 31.0 Å². The van der Waals surface area contributed by atoms with E-state index in [0.29, 0.717) is 23.0 Å². The standard InChI is InChI=1S/C24H26FN5O3S/c1-33-23(32)17-5-9-19(10-6-17)26-22(31)16-34-24-28-27-21(15-29-13-3-2-4-14-29)30(24)20-11-7-18(25)8-12-20/h5-12H,2-4,13-16H2,1H3,(H,26,31). The van der Waals surface area contributed by atoms with Crippen LogP contribution in [0, 0.1) is 5.82 Å². The molecule has 1 aromatic heterocycles. The maximum Gasteiger partial charge on any atom is 0.337 e. The van der Waals surface area contributed by atoms with Crippen LogP contribution in [0.1, 0.15) is 35.4 Å². The van der Waals surface area contributed by atoms with Crippen LogP contribution < -0.4 is 5.32 Å². The zero-order valence-electron chi connectivity index (χ0n) is 18.9. The van der Waals surface area contributed by atoms with E-state index in [2.05, 4.69) is 25.2 Å². The molecule has 1 saturated heterocycles. The first kappa shape index (κ1) is 23.9. The summed E-state index contributed by atoms with van der Waals surface area (Å²) in [6, 6.07) is 12.6. The fraction of sp³-hybridized carbons (Fsp3) is 0.333. The van der Waals surface area contributed by atoms with Crippen LogP contribution in [0.15, 0.2) is 53.7 Å². The normalized spacial score (nSPS) is 14.1. The number of anilines is 1. The number of benzene rings is 2. The van der Waals surface area contributed by atoms with Gasteiger partial charge in [0.1, 0.15) is 5.82 Å². The number of nitrogens with one attached hydrogen (secondary N) is 1. The summed E-state index contributed by atoms with van der Waals surface area (Å²) in [6.07, 6.45) is 3.56. The summed E-state index contributed by atoms with van der Waals surface area (Å²) in [5.41, 5.74) is 1.73. The molecular formula is C24H26FN5O3S. The van der Waals surface area contributed by atoms with E-state index < -0.39 is 5.97 Å². The molecule has 0 unspecified atom stereocenters. The average Bonchev–Trinajstić information content (AvgIpc) is 3.26. The van der Waals surface area contributed by atoms with E-state index in [4.69, 9.17) is 0 Å². The number of likely N-dealkylation sites (tertiary alicyclic amines) is 1. The molecule has 0 aliphatic carbocycles. The highest BCUT2D eigenvalue weighted by Gasteiger charge is 2.19. The van der Waals surface area contributed by atoms with Crippen LogP contribution in [0.25, 0.3) is 5.69 Å². The molecule has 0 saturated carbocycles. The molecule has 1 aliphatic rings. The van der Waals surface area contributed by atoms with E-state index in [1.807, 2.05) is 4.57 Å². The van der Waals surface area contributed by atoms with Crippen molar-refractivity contribution in [1.29, 1.82) is 0 Å². The Morgan fingerprint density at radius 2 is 1.74 bits per heavy atom. The third-order valence-corrected chi connectivity index (χ3v) is 6.45. The van der Waals surface area contributed by atoms with Crippen molar-refractivity contribution in [2.75, 3.05) is 31.3 Å². The van der Waals surface area contributed by atoms with Gasteiger partial charge in [0.15, 0.2) is 11.0 Å². The molecule has 2 heterocycles. The van der Waals surface area contributed by atoms with Crippen LogP contribution in [0.2, 0.25) is 0 Å². The van der Waals surface area contributed by atoms with Gasteiger partial charge in [0.2, 0.25) is 5.91 Å². The SMILES string of the molecule is COC(=O)c1ccc(NC(=O)CSc2nnc(CN3CCCCC3)n2-c2ccc(F)cc2)cc1. The Labute approximate surface area is 201 Å². The molecule has 1 amide bonds. The van der Waals surface area contributed by atoms with Gasteiger partial charge in [-0.15, -0.1) is 10.2 Å². The minimum atomic E-state index is -0.436. The van der Waals surface area contributed by atoms with Crippen LogP contribution in [0.4, 0.5) is 10.1 Å². The zero-order chi connectivity index (χ0) is 23.9. The quantitative estimate of drug-likeness (QED) is 0.384. The summed E-state index contributed by atoms with van der Waals surface area (Å²) in [7, 11) is 1.32. The van der Waals surface area contributed by atoms with E-state index >= 15 is 0 Å². The molecule has 4 rings (SSSR count). The number of halogens is 1. The van der Waals surface area contributed by atoms with Gasteiger partial charge in [-0.25, -0.2) is 9.18 Å². The summed E-state index contributed by atoms with van der Waals surface area (Å²) in [6.45, 7) is 2.66. The third-order valence-electron chi connectivity index (χ3n) is 5.52. The summed E-state index contributed by atoms with van der Waals surface area (Å²) in [4.78, 5) is 26.4. The Kier molecular flexibility index (Phi) is 7.91. The van der Waals surface area contributed by atoms with E-state index in [-0.39, 0.29) is 17.5 Å². The fourth-order valence-electron chi connectivity index (χ4n) is 3.80. The number of esters is 1. The zero-order valence-corrected chi connectivity index (χ0v) is 19.7. The predicted molar refractivity (Wildman–Crippen MR) is 128 cm³/mol. The molecule has 0 radical (unpaired) electrons. The second-order valence-corrected chi connectivity index (χ2v) is 8.90. The summed E-state index contributed by atoms with van der Waals surface area (Å²) in [5.74, 6) is -0.103. The van der Waals surface area contributed by atoms with Crippen LogP contribution in [0.3, 0.4) is 0 Å². The van der Waals surface area contributed by atoms with Crippen LogP contribution in [-0.2, 0) is 16.1 Å². The van der Waals surface area contributed by atoms with Gasteiger partial charge in [0.05, 0.1) is 25.0 Å². The van der Waals surface area contributed by atoms with Crippen LogP contribution >= 0.6 is 11.8 Å². The lowest BCUT2D eigenvalue weighted by Crippen LogP contribution is -2.30. The van der Waals surface area contributed by atoms with E-state index in [1.165, 1.54) is 37.4 Å². The Balaban J connectivity index is 1.45. The number of piperidine rings is 1. The van der Waals surface area contributed by atoms with Crippen molar-refractivity contribution in [3.8, 4) is 5.69 Å². The monoisotopic (exact) mass is 483 g/mol. The van der Waals surface area contributed by atoms with Gasteiger partial charge in [-0.3, -0.25) is 14.3 Å². The molecule has 0 atom stereocenters. The van der Waals surface area contributed by atoms with Gasteiger partial charge in [0.25, 0.3) is 0 Å². The Morgan fingerprint density at radius 3 is 2.41 bits per heavy atom. The smallest absolute Gasteiger partial charge is 0.337 e. The number of hydrogen-bond acceptors (Lipinski definition) is 7. The molecule has 178 valence electrons. The van der Waals surface area contributed by atoms with Gasteiger partial charge < -0.3 is 10.1 Å². The molecule has 1 N–H and O–H groups in total. The number of hydrogen-bond donors (Lipinski definition) is 1. The van der Waals surface area contributed by atoms with E-state index in [9.17, 15) is 14.0 Å². The maximum absolute atomic E-state index is 13.5. The van der Waals surface area contributed by atoms with Crippen molar-refractivity contribution >= 4 is 29.3 Å². The fourth-order valence-corrected chi connectivity index (χ4v) is 4.57. The first-order chi connectivity index (χ1) is 16.5. The van der Waals surface area contributed by atoms with Gasteiger partial charge in [-0.05, 0) is 74.5 Å². The Morgan fingerprint density at radius 1 is 1.03 bits per heavy atom. The van der Waals surface area contributed by atoms with Crippen LogP contribution in [-0.4, -0.2) is 57.5 Å². The molecule has 34 heavy (non-hydrogen) atoms.